The van der Waals surface area contributed by atoms with Gasteiger partial charge in [-0.25, -0.2) is 4.68 Å². The molecule has 0 spiro atoms. The van der Waals surface area contributed by atoms with E-state index in [1.54, 1.807) is 20.0 Å². The molecule has 4 aromatic rings. The first kappa shape index (κ1) is 22.0. The van der Waals surface area contributed by atoms with Crippen LogP contribution in [0.5, 0.6) is 0 Å². The first-order valence-corrected chi connectivity index (χ1v) is 11.8. The lowest BCUT2D eigenvalue weighted by Crippen LogP contribution is -2.23. The fourth-order valence-electron chi connectivity index (χ4n) is 4.72. The van der Waals surface area contributed by atoms with Crippen LogP contribution in [-0.2, 0) is 12.1 Å². The summed E-state index contributed by atoms with van der Waals surface area (Å²) in [6.45, 7) is 4.02. The molecule has 0 unspecified atom stereocenters. The highest BCUT2D eigenvalue weighted by Gasteiger charge is 2.25. The molecule has 0 aliphatic carbocycles. The zero-order valence-corrected chi connectivity index (χ0v) is 20.0. The molecule has 7 heteroatoms. The van der Waals surface area contributed by atoms with Gasteiger partial charge >= 0.3 is 0 Å². The Morgan fingerprint density at radius 1 is 0.917 bits per heavy atom. The van der Waals surface area contributed by atoms with E-state index < -0.39 is 5.60 Å². The maximum absolute atomic E-state index is 13.6. The number of hydrogen-bond donors (Lipinski definition) is 1. The number of aliphatic hydroxyl groups is 1. The van der Waals surface area contributed by atoms with Crippen molar-refractivity contribution in [2.45, 2.75) is 26.0 Å². The van der Waals surface area contributed by atoms with E-state index >= 15 is 0 Å². The molecule has 1 N–H and O–H groups in total. The molecule has 0 saturated carbocycles. The standard InChI is InChI=1S/C29H25N5O2/c1-29(2,36)24-9-4-6-11-26(24)34-28(35)23-19-32(25-10-5-3-8-22(25)27(23)31-34)18-20-12-14-21(15-13-20)33-17-7-16-30-33/h3-17,19,36H,18H2,1-2H3. The minimum atomic E-state index is -1.12. The van der Waals surface area contributed by atoms with Crippen LogP contribution in [0.4, 0.5) is 0 Å². The Kier molecular flexibility index (Phi) is 5.09. The second kappa shape index (κ2) is 8.32. The number of fused-ring (bicyclic) bond motifs is 3. The van der Waals surface area contributed by atoms with Gasteiger partial charge in [0.15, 0.2) is 0 Å². The van der Waals surface area contributed by atoms with Crippen LogP contribution in [0.15, 0.2) is 102 Å². The topological polar surface area (TPSA) is 77.9 Å². The van der Waals surface area contributed by atoms with Gasteiger partial charge in [-0.15, -0.1) is 0 Å². The summed E-state index contributed by atoms with van der Waals surface area (Å²) < 4.78 is 5.32. The lowest BCUT2D eigenvalue weighted by molar-refractivity contribution is 0.0784. The van der Waals surface area contributed by atoms with Gasteiger partial charge in [0.2, 0.25) is 0 Å². The zero-order chi connectivity index (χ0) is 24.9. The molecule has 0 saturated heterocycles. The molecule has 7 nitrogen and oxygen atoms in total. The lowest BCUT2D eigenvalue weighted by atomic mass is 9.96. The minimum absolute atomic E-state index is 0.213. The number of aromatic nitrogens is 5. The number of nitrogens with zero attached hydrogens (tertiary/aromatic N) is 5. The Balaban J connectivity index is 1.49. The van der Waals surface area contributed by atoms with Crippen LogP contribution in [0.25, 0.3) is 33.5 Å². The highest BCUT2D eigenvalue weighted by atomic mass is 16.3. The highest BCUT2D eigenvalue weighted by Crippen LogP contribution is 2.31. The van der Waals surface area contributed by atoms with E-state index in [-0.39, 0.29) is 5.56 Å². The Hall–Kier alpha value is -4.49. The second-order valence-corrected chi connectivity index (χ2v) is 9.45. The predicted octanol–water partition coefficient (Wildman–Crippen LogP) is 4.75. The van der Waals surface area contributed by atoms with Crippen molar-refractivity contribution >= 4 is 10.9 Å². The molecular formula is C29H25N5O2. The van der Waals surface area contributed by atoms with E-state index in [4.69, 9.17) is 5.10 Å². The van der Waals surface area contributed by atoms with E-state index in [1.807, 2.05) is 83.8 Å². The average molecular weight is 476 g/mol. The Labute approximate surface area is 207 Å². The van der Waals surface area contributed by atoms with Gasteiger partial charge in [-0.1, -0.05) is 48.5 Å². The summed E-state index contributed by atoms with van der Waals surface area (Å²) in [7, 11) is 0. The first-order chi connectivity index (χ1) is 17.4. The van der Waals surface area contributed by atoms with E-state index in [9.17, 15) is 9.90 Å². The van der Waals surface area contributed by atoms with E-state index in [2.05, 4.69) is 21.8 Å². The molecule has 0 bridgehead atoms. The van der Waals surface area contributed by atoms with E-state index in [1.165, 1.54) is 4.68 Å². The maximum Gasteiger partial charge on any atom is 0.282 e. The van der Waals surface area contributed by atoms with E-state index in [0.717, 1.165) is 22.2 Å². The largest absolute Gasteiger partial charge is 0.386 e. The van der Waals surface area contributed by atoms with Crippen LogP contribution in [0.1, 0.15) is 25.0 Å². The molecule has 36 heavy (non-hydrogen) atoms. The number of rotatable bonds is 5. The van der Waals surface area contributed by atoms with Crippen molar-refractivity contribution in [1.29, 1.82) is 0 Å². The van der Waals surface area contributed by atoms with Crippen LogP contribution in [0.3, 0.4) is 0 Å². The maximum atomic E-state index is 13.6. The smallest absolute Gasteiger partial charge is 0.282 e. The molecule has 2 aliphatic rings. The summed E-state index contributed by atoms with van der Waals surface area (Å²) in [6, 6.07) is 25.4. The van der Waals surface area contributed by atoms with Gasteiger partial charge < -0.3 is 9.67 Å². The highest BCUT2D eigenvalue weighted by molar-refractivity contribution is 5.93. The molecule has 0 fully saturated rings. The van der Waals surface area contributed by atoms with Gasteiger partial charge in [0.1, 0.15) is 5.69 Å². The monoisotopic (exact) mass is 475 g/mol. The molecule has 2 aliphatic heterocycles. The van der Waals surface area contributed by atoms with Crippen LogP contribution < -0.4 is 5.56 Å². The molecular weight excluding hydrogens is 450 g/mol. The second-order valence-electron chi connectivity index (χ2n) is 9.45. The minimum Gasteiger partial charge on any atom is -0.386 e. The summed E-state index contributed by atoms with van der Waals surface area (Å²) in [5.41, 5.74) is 4.15. The third-order valence-electron chi connectivity index (χ3n) is 6.48. The Morgan fingerprint density at radius 3 is 2.42 bits per heavy atom. The van der Waals surface area contributed by atoms with Crippen molar-refractivity contribution in [2.24, 2.45) is 0 Å². The van der Waals surface area contributed by atoms with E-state index in [0.29, 0.717) is 29.1 Å². The molecule has 0 radical (unpaired) electrons. The van der Waals surface area contributed by atoms with Gasteiger partial charge in [-0.3, -0.25) is 4.79 Å². The van der Waals surface area contributed by atoms with Crippen molar-refractivity contribution in [3.05, 3.63) is 119 Å². The lowest BCUT2D eigenvalue weighted by Gasteiger charge is -2.20. The third-order valence-corrected chi connectivity index (χ3v) is 6.48. The van der Waals surface area contributed by atoms with Crippen molar-refractivity contribution in [3.63, 3.8) is 0 Å². The summed E-state index contributed by atoms with van der Waals surface area (Å²) in [5.74, 6) is 0. The molecule has 6 rings (SSSR count). The van der Waals surface area contributed by atoms with Crippen molar-refractivity contribution in [1.82, 2.24) is 24.1 Å². The van der Waals surface area contributed by atoms with Gasteiger partial charge in [0.25, 0.3) is 5.56 Å². The van der Waals surface area contributed by atoms with Crippen LogP contribution in [-0.4, -0.2) is 29.2 Å². The normalized spacial score (nSPS) is 12.0. The third kappa shape index (κ3) is 3.70. The number of pyridine rings is 1. The van der Waals surface area contributed by atoms with Gasteiger partial charge in [0, 0.05) is 36.1 Å². The summed E-state index contributed by atoms with van der Waals surface area (Å²) in [6.07, 6.45) is 5.55. The molecule has 3 heterocycles. The fourth-order valence-corrected chi connectivity index (χ4v) is 4.72. The van der Waals surface area contributed by atoms with Crippen molar-refractivity contribution < 1.29 is 5.11 Å². The number of para-hydroxylation sites is 2. The summed E-state index contributed by atoms with van der Waals surface area (Å²) >= 11 is 0. The summed E-state index contributed by atoms with van der Waals surface area (Å²) in [5, 5.41) is 20.6. The molecule has 0 amide bonds. The zero-order valence-electron chi connectivity index (χ0n) is 20.0. The van der Waals surface area contributed by atoms with Gasteiger partial charge in [0.05, 0.1) is 28.1 Å². The first-order valence-electron chi connectivity index (χ1n) is 11.8. The molecule has 0 atom stereocenters. The van der Waals surface area contributed by atoms with Gasteiger partial charge in [-0.05, 0) is 49.7 Å². The average Bonchev–Trinajstić information content (AvgIpc) is 3.53. The van der Waals surface area contributed by atoms with Crippen LogP contribution >= 0.6 is 0 Å². The predicted molar refractivity (Wildman–Crippen MR) is 140 cm³/mol. The molecule has 178 valence electrons. The van der Waals surface area contributed by atoms with Crippen molar-refractivity contribution in [2.75, 3.05) is 0 Å². The van der Waals surface area contributed by atoms with Crippen LogP contribution in [0.2, 0.25) is 0 Å². The fraction of sp³-hybridized carbons (Fsp3) is 0.138. The molecule has 1 aromatic heterocycles. The Morgan fingerprint density at radius 2 is 1.67 bits per heavy atom. The van der Waals surface area contributed by atoms with Crippen molar-refractivity contribution in [3.8, 4) is 22.6 Å². The number of hydrogen-bond acceptors (Lipinski definition) is 4. The quantitative estimate of drug-likeness (QED) is 0.390. The van der Waals surface area contributed by atoms with Crippen LogP contribution in [0, 0.1) is 0 Å². The summed E-state index contributed by atoms with van der Waals surface area (Å²) in [4.78, 5) is 13.6. The Bertz CT molecular complexity index is 1700. The SMILES string of the molecule is CC(C)(O)c1ccccc1-n1nc2c3ccccc3n(Cc3ccc(-n4cccn4)cc3)cc-2c1=O. The number of benzene rings is 3. The van der Waals surface area contributed by atoms with Gasteiger partial charge in [-0.2, -0.15) is 14.9 Å². The molecule has 3 aromatic carbocycles.